The van der Waals surface area contributed by atoms with Crippen LogP contribution in [0, 0.1) is 6.92 Å². The molecule has 4 rings (SSSR count). The summed E-state index contributed by atoms with van der Waals surface area (Å²) in [4.78, 5) is 39.5. The Balaban J connectivity index is 1.78. The van der Waals surface area contributed by atoms with E-state index in [4.69, 9.17) is 11.6 Å². The second-order valence-corrected chi connectivity index (χ2v) is 9.71. The molecule has 0 atom stereocenters. The summed E-state index contributed by atoms with van der Waals surface area (Å²) in [6, 6.07) is 17.6. The number of carbonyl (C=O) groups is 3. The molecule has 5 nitrogen and oxygen atoms in total. The Morgan fingerprint density at radius 1 is 0.970 bits per heavy atom. The number of aryl methyl sites for hydroxylation is 1. The van der Waals surface area contributed by atoms with E-state index >= 15 is 0 Å². The Morgan fingerprint density at radius 3 is 2.48 bits per heavy atom. The fourth-order valence-corrected chi connectivity index (χ4v) is 4.53. The molecule has 1 N–H and O–H groups in total. The predicted octanol–water partition coefficient (Wildman–Crippen LogP) is 6.43. The molecule has 0 aliphatic carbocycles. The summed E-state index contributed by atoms with van der Waals surface area (Å²) in [5.41, 5.74) is 3.53. The SMILES string of the molecule is Cc1ccc(Cl)cc1N1C(=O)NC(=O)/C(=C\c2cc(Br)ccc2Cc2ccccc2Br)C1=O. The lowest BCUT2D eigenvalue weighted by atomic mass is 9.97. The molecule has 1 heterocycles. The number of urea groups is 1. The fourth-order valence-electron chi connectivity index (χ4n) is 3.56. The first-order valence-electron chi connectivity index (χ1n) is 9.94. The second kappa shape index (κ2) is 9.63. The number of benzene rings is 3. The molecule has 0 radical (unpaired) electrons. The molecule has 3 aromatic carbocycles. The van der Waals surface area contributed by atoms with Gasteiger partial charge in [-0.05, 0) is 72.0 Å². The van der Waals surface area contributed by atoms with Crippen molar-refractivity contribution in [3.63, 3.8) is 0 Å². The highest BCUT2D eigenvalue weighted by Crippen LogP contribution is 2.30. The van der Waals surface area contributed by atoms with Crippen LogP contribution in [-0.2, 0) is 16.0 Å². The molecule has 0 spiro atoms. The zero-order valence-corrected chi connectivity index (χ0v) is 21.3. The van der Waals surface area contributed by atoms with Crippen molar-refractivity contribution < 1.29 is 14.4 Å². The van der Waals surface area contributed by atoms with Crippen LogP contribution in [-0.4, -0.2) is 17.8 Å². The van der Waals surface area contributed by atoms with Gasteiger partial charge in [0.05, 0.1) is 5.69 Å². The number of hydrogen-bond donors (Lipinski definition) is 1. The van der Waals surface area contributed by atoms with E-state index in [1.807, 2.05) is 42.5 Å². The Kier molecular flexibility index (Phi) is 6.83. The van der Waals surface area contributed by atoms with Crippen molar-refractivity contribution >= 4 is 73.1 Å². The number of halogens is 3. The minimum atomic E-state index is -0.810. The molecule has 4 amide bonds. The van der Waals surface area contributed by atoms with E-state index in [1.54, 1.807) is 19.1 Å². The molecule has 1 aliphatic rings. The summed E-state index contributed by atoms with van der Waals surface area (Å²) in [6.07, 6.45) is 2.10. The van der Waals surface area contributed by atoms with Gasteiger partial charge in [-0.2, -0.15) is 0 Å². The normalized spacial score (nSPS) is 15.2. The maximum Gasteiger partial charge on any atom is 0.335 e. The summed E-state index contributed by atoms with van der Waals surface area (Å²) in [6.45, 7) is 1.76. The first-order valence-corrected chi connectivity index (χ1v) is 11.9. The highest BCUT2D eigenvalue weighted by Gasteiger charge is 2.37. The van der Waals surface area contributed by atoms with Crippen LogP contribution in [0.2, 0.25) is 5.02 Å². The molecule has 166 valence electrons. The maximum absolute atomic E-state index is 13.3. The smallest absolute Gasteiger partial charge is 0.273 e. The molecular formula is C25H17Br2ClN2O3. The third-order valence-electron chi connectivity index (χ3n) is 5.26. The number of carbonyl (C=O) groups excluding carboxylic acids is 3. The van der Waals surface area contributed by atoms with Crippen molar-refractivity contribution in [1.29, 1.82) is 0 Å². The highest BCUT2D eigenvalue weighted by atomic mass is 79.9. The van der Waals surface area contributed by atoms with E-state index in [-0.39, 0.29) is 5.57 Å². The number of nitrogens with zero attached hydrogens (tertiary/aromatic N) is 1. The number of barbiturate groups is 1. The molecule has 1 fully saturated rings. The largest absolute Gasteiger partial charge is 0.335 e. The van der Waals surface area contributed by atoms with E-state index in [0.717, 1.165) is 25.0 Å². The monoisotopic (exact) mass is 586 g/mol. The first kappa shape index (κ1) is 23.4. The zero-order chi connectivity index (χ0) is 23.7. The summed E-state index contributed by atoms with van der Waals surface area (Å²) in [5.74, 6) is -1.45. The Labute approximate surface area is 212 Å². The fraction of sp³-hybridized carbons (Fsp3) is 0.0800. The van der Waals surface area contributed by atoms with E-state index in [0.29, 0.717) is 28.3 Å². The maximum atomic E-state index is 13.3. The number of nitrogens with one attached hydrogen (secondary N) is 1. The third kappa shape index (κ3) is 4.95. The van der Waals surface area contributed by atoms with Crippen molar-refractivity contribution in [2.75, 3.05) is 4.90 Å². The number of rotatable bonds is 4. The van der Waals surface area contributed by atoms with Gasteiger partial charge in [-0.1, -0.05) is 73.8 Å². The zero-order valence-electron chi connectivity index (χ0n) is 17.4. The predicted molar refractivity (Wildman–Crippen MR) is 136 cm³/mol. The average molecular weight is 589 g/mol. The van der Waals surface area contributed by atoms with Crippen LogP contribution in [0.1, 0.15) is 22.3 Å². The Hall–Kier alpha value is -2.74. The molecule has 33 heavy (non-hydrogen) atoms. The van der Waals surface area contributed by atoms with Crippen LogP contribution in [0.3, 0.4) is 0 Å². The van der Waals surface area contributed by atoms with E-state index in [9.17, 15) is 14.4 Å². The van der Waals surface area contributed by atoms with E-state index in [1.165, 1.54) is 12.1 Å². The Bertz CT molecular complexity index is 1340. The van der Waals surface area contributed by atoms with Gasteiger partial charge >= 0.3 is 6.03 Å². The summed E-state index contributed by atoms with van der Waals surface area (Å²) >= 11 is 13.1. The van der Waals surface area contributed by atoms with Crippen LogP contribution in [0.15, 0.2) is 75.2 Å². The van der Waals surface area contributed by atoms with Crippen LogP contribution in [0.25, 0.3) is 6.08 Å². The second-order valence-electron chi connectivity index (χ2n) is 7.50. The van der Waals surface area contributed by atoms with Gasteiger partial charge < -0.3 is 0 Å². The molecule has 0 unspecified atom stereocenters. The van der Waals surface area contributed by atoms with Gasteiger partial charge in [0.15, 0.2) is 0 Å². The molecule has 0 bridgehead atoms. The minimum absolute atomic E-state index is 0.138. The average Bonchev–Trinajstić information content (AvgIpc) is 2.76. The van der Waals surface area contributed by atoms with Crippen LogP contribution in [0.5, 0.6) is 0 Å². The lowest BCUT2D eigenvalue weighted by Crippen LogP contribution is -2.54. The molecule has 1 aliphatic heterocycles. The van der Waals surface area contributed by atoms with Crippen molar-refractivity contribution in [3.05, 3.63) is 102 Å². The van der Waals surface area contributed by atoms with Gasteiger partial charge in [-0.25, -0.2) is 9.69 Å². The molecule has 1 saturated heterocycles. The van der Waals surface area contributed by atoms with Gasteiger partial charge in [-0.15, -0.1) is 0 Å². The minimum Gasteiger partial charge on any atom is -0.273 e. The molecular weight excluding hydrogens is 572 g/mol. The van der Waals surface area contributed by atoms with E-state index < -0.39 is 17.8 Å². The van der Waals surface area contributed by atoms with Gasteiger partial charge in [0, 0.05) is 14.0 Å². The first-order chi connectivity index (χ1) is 15.7. The van der Waals surface area contributed by atoms with Crippen LogP contribution in [0.4, 0.5) is 10.5 Å². The molecule has 3 aromatic rings. The van der Waals surface area contributed by atoms with Crippen molar-refractivity contribution in [3.8, 4) is 0 Å². The topological polar surface area (TPSA) is 66.5 Å². The summed E-state index contributed by atoms with van der Waals surface area (Å²) in [7, 11) is 0. The van der Waals surface area contributed by atoms with Gasteiger partial charge in [-0.3, -0.25) is 14.9 Å². The molecule has 0 saturated carbocycles. The lowest BCUT2D eigenvalue weighted by Gasteiger charge is -2.27. The van der Waals surface area contributed by atoms with Crippen molar-refractivity contribution in [1.82, 2.24) is 5.32 Å². The van der Waals surface area contributed by atoms with Crippen LogP contribution < -0.4 is 10.2 Å². The number of hydrogen-bond acceptors (Lipinski definition) is 3. The standard InChI is InChI=1S/C25H17Br2ClN2O3/c1-14-6-9-19(28)13-22(14)30-24(32)20(23(31)29-25(30)33)12-17-11-18(26)8-7-15(17)10-16-4-2-3-5-21(16)27/h2-9,11-13H,10H2,1H3,(H,29,31,33)/b20-12+. The summed E-state index contributed by atoms with van der Waals surface area (Å²) in [5, 5.41) is 2.64. The van der Waals surface area contributed by atoms with Gasteiger partial charge in [0.2, 0.25) is 0 Å². The van der Waals surface area contributed by atoms with E-state index in [2.05, 4.69) is 37.2 Å². The third-order valence-corrected chi connectivity index (χ3v) is 6.76. The van der Waals surface area contributed by atoms with Crippen LogP contribution >= 0.6 is 43.5 Å². The van der Waals surface area contributed by atoms with Crippen molar-refractivity contribution in [2.45, 2.75) is 13.3 Å². The highest BCUT2D eigenvalue weighted by molar-refractivity contribution is 9.10. The Morgan fingerprint density at radius 2 is 1.73 bits per heavy atom. The number of imide groups is 2. The molecule has 0 aromatic heterocycles. The molecule has 8 heteroatoms. The number of amides is 4. The lowest BCUT2D eigenvalue weighted by molar-refractivity contribution is -0.122. The van der Waals surface area contributed by atoms with Crippen molar-refractivity contribution in [2.24, 2.45) is 0 Å². The van der Waals surface area contributed by atoms with Gasteiger partial charge in [0.1, 0.15) is 5.57 Å². The van der Waals surface area contributed by atoms with Gasteiger partial charge in [0.25, 0.3) is 11.8 Å². The summed E-state index contributed by atoms with van der Waals surface area (Å²) < 4.78 is 1.76. The quantitative estimate of drug-likeness (QED) is 0.282. The number of anilines is 1.